The molecule has 8 heteroatoms. The molecule has 0 atom stereocenters. The van der Waals surface area contributed by atoms with Crippen molar-refractivity contribution in [2.75, 3.05) is 12.4 Å². The van der Waals surface area contributed by atoms with Gasteiger partial charge in [0.15, 0.2) is 0 Å². The fourth-order valence-electron chi connectivity index (χ4n) is 2.91. The second kappa shape index (κ2) is 8.11. The van der Waals surface area contributed by atoms with Crippen molar-refractivity contribution in [2.45, 2.75) is 6.92 Å². The zero-order chi connectivity index (χ0) is 20.4. The van der Waals surface area contributed by atoms with Gasteiger partial charge in [0.1, 0.15) is 11.6 Å². The maximum Gasteiger partial charge on any atom is 0.227 e. The van der Waals surface area contributed by atoms with E-state index in [0.717, 1.165) is 28.3 Å². The van der Waals surface area contributed by atoms with Crippen LogP contribution in [0.3, 0.4) is 0 Å². The number of rotatable bonds is 5. The first-order valence-electron chi connectivity index (χ1n) is 8.79. The van der Waals surface area contributed by atoms with Crippen LogP contribution in [0.25, 0.3) is 22.6 Å². The molecule has 0 aliphatic heterocycles. The number of anilines is 2. The number of benzene rings is 2. The fraction of sp³-hybridized carbons (Fsp3) is 0.0952. The molecule has 29 heavy (non-hydrogen) atoms. The zero-order valence-electron chi connectivity index (χ0n) is 15.7. The van der Waals surface area contributed by atoms with Gasteiger partial charge in [-0.15, -0.1) is 0 Å². The fourth-order valence-corrected chi connectivity index (χ4v) is 3.29. The van der Waals surface area contributed by atoms with Crippen molar-refractivity contribution in [3.05, 3.63) is 70.6 Å². The summed E-state index contributed by atoms with van der Waals surface area (Å²) in [5.41, 5.74) is 4.04. The molecule has 0 unspecified atom stereocenters. The van der Waals surface area contributed by atoms with Gasteiger partial charge in [-0.25, -0.2) is 15.0 Å². The lowest BCUT2D eigenvalue weighted by Gasteiger charge is -2.11. The van der Waals surface area contributed by atoms with Crippen molar-refractivity contribution >= 4 is 34.8 Å². The Kier molecular flexibility index (Phi) is 5.38. The summed E-state index contributed by atoms with van der Waals surface area (Å²) in [6, 6.07) is 12.8. The summed E-state index contributed by atoms with van der Waals surface area (Å²) in [5, 5.41) is 4.36. The average Bonchev–Trinajstić information content (AvgIpc) is 3.16. The highest BCUT2D eigenvalue weighted by atomic mass is 35.5. The monoisotopic (exact) mass is 425 g/mol. The molecule has 2 aromatic heterocycles. The summed E-state index contributed by atoms with van der Waals surface area (Å²) in [5.74, 6) is 1.86. The van der Waals surface area contributed by atoms with Crippen molar-refractivity contribution in [3.8, 4) is 28.4 Å². The number of hydrogen-bond donors (Lipinski definition) is 2. The number of imidazole rings is 1. The van der Waals surface area contributed by atoms with Crippen LogP contribution < -0.4 is 10.1 Å². The molecular formula is C21H17Cl2N5O. The first kappa shape index (κ1) is 19.2. The van der Waals surface area contributed by atoms with Crippen molar-refractivity contribution in [2.24, 2.45) is 0 Å². The minimum absolute atomic E-state index is 0.433. The first-order chi connectivity index (χ1) is 14.0. The highest BCUT2D eigenvalue weighted by molar-refractivity contribution is 6.35. The Morgan fingerprint density at radius 3 is 2.62 bits per heavy atom. The molecule has 0 bridgehead atoms. The number of aromatic amines is 1. The summed E-state index contributed by atoms with van der Waals surface area (Å²) >= 11 is 12.4. The Morgan fingerprint density at radius 2 is 1.86 bits per heavy atom. The van der Waals surface area contributed by atoms with Gasteiger partial charge in [0, 0.05) is 40.4 Å². The molecule has 0 radical (unpaired) electrons. The third-order valence-corrected chi connectivity index (χ3v) is 4.84. The number of hydrogen-bond acceptors (Lipinski definition) is 5. The highest BCUT2D eigenvalue weighted by Gasteiger charge is 2.12. The normalized spacial score (nSPS) is 10.8. The summed E-state index contributed by atoms with van der Waals surface area (Å²) in [7, 11) is 1.62. The molecule has 4 rings (SSSR count). The van der Waals surface area contributed by atoms with E-state index >= 15 is 0 Å². The molecule has 2 aromatic carbocycles. The van der Waals surface area contributed by atoms with E-state index < -0.39 is 0 Å². The van der Waals surface area contributed by atoms with Crippen LogP contribution in [0, 0.1) is 6.92 Å². The first-order valence-corrected chi connectivity index (χ1v) is 9.54. The van der Waals surface area contributed by atoms with E-state index in [-0.39, 0.29) is 0 Å². The molecule has 0 spiro atoms. The molecule has 146 valence electrons. The van der Waals surface area contributed by atoms with Crippen molar-refractivity contribution in [1.82, 2.24) is 19.9 Å². The topological polar surface area (TPSA) is 75.7 Å². The van der Waals surface area contributed by atoms with Crippen LogP contribution in [-0.2, 0) is 0 Å². The minimum Gasteiger partial charge on any atom is -0.496 e. The standard InChI is InChI=1S/C21H17Cl2N5O/c1-12-11-25-20(26-12)15-5-4-14(10-19(15)29-2)27-21-24-8-7-18(28-21)16-9-13(22)3-6-17(16)23/h3-11H,1-2H3,(H,25,26)(H,24,27,28). The minimum atomic E-state index is 0.433. The third-order valence-electron chi connectivity index (χ3n) is 4.28. The third kappa shape index (κ3) is 4.18. The van der Waals surface area contributed by atoms with Gasteiger partial charge in [-0.05, 0) is 43.3 Å². The van der Waals surface area contributed by atoms with Crippen LogP contribution in [0.1, 0.15) is 5.69 Å². The van der Waals surface area contributed by atoms with Crippen LogP contribution in [-0.4, -0.2) is 27.0 Å². The van der Waals surface area contributed by atoms with Crippen LogP contribution in [0.5, 0.6) is 5.75 Å². The van der Waals surface area contributed by atoms with Gasteiger partial charge in [-0.3, -0.25) is 0 Å². The molecule has 0 aliphatic rings. The predicted octanol–water partition coefficient (Wildman–Crippen LogP) is 5.90. The number of ether oxygens (including phenoxy) is 1. The van der Waals surface area contributed by atoms with E-state index in [4.69, 9.17) is 27.9 Å². The molecular weight excluding hydrogens is 409 g/mol. The van der Waals surface area contributed by atoms with Gasteiger partial charge in [0.05, 0.1) is 23.4 Å². The molecule has 0 fully saturated rings. The quantitative estimate of drug-likeness (QED) is 0.416. The number of aryl methyl sites for hydroxylation is 1. The van der Waals surface area contributed by atoms with Gasteiger partial charge in [0.2, 0.25) is 5.95 Å². The largest absolute Gasteiger partial charge is 0.496 e. The lowest BCUT2D eigenvalue weighted by Crippen LogP contribution is -1.99. The Bertz CT molecular complexity index is 1180. The smallest absolute Gasteiger partial charge is 0.227 e. The molecule has 0 amide bonds. The number of H-pyrrole nitrogens is 1. The summed E-state index contributed by atoms with van der Waals surface area (Å²) in [6.45, 7) is 1.95. The second-order valence-electron chi connectivity index (χ2n) is 6.34. The number of methoxy groups -OCH3 is 1. The molecule has 0 aliphatic carbocycles. The van der Waals surface area contributed by atoms with Crippen LogP contribution >= 0.6 is 23.2 Å². The summed E-state index contributed by atoms with van der Waals surface area (Å²) in [4.78, 5) is 16.4. The van der Waals surface area contributed by atoms with Gasteiger partial charge in [-0.1, -0.05) is 23.2 Å². The Hall–Kier alpha value is -3.09. The summed E-state index contributed by atoms with van der Waals surface area (Å²) < 4.78 is 5.54. The van der Waals surface area contributed by atoms with Crippen LogP contribution in [0.4, 0.5) is 11.6 Å². The van der Waals surface area contributed by atoms with E-state index in [1.54, 1.807) is 43.8 Å². The van der Waals surface area contributed by atoms with Gasteiger partial charge < -0.3 is 15.0 Å². The van der Waals surface area contributed by atoms with Gasteiger partial charge >= 0.3 is 0 Å². The SMILES string of the molecule is COc1cc(Nc2nccc(-c3cc(Cl)ccc3Cl)n2)ccc1-c1ncc(C)[nH]1. The highest BCUT2D eigenvalue weighted by Crippen LogP contribution is 2.32. The number of nitrogens with one attached hydrogen (secondary N) is 2. The van der Waals surface area contributed by atoms with E-state index in [1.807, 2.05) is 25.1 Å². The number of aromatic nitrogens is 4. The van der Waals surface area contributed by atoms with E-state index in [2.05, 4.69) is 25.3 Å². The summed E-state index contributed by atoms with van der Waals surface area (Å²) in [6.07, 6.45) is 3.44. The van der Waals surface area contributed by atoms with E-state index in [0.29, 0.717) is 27.4 Å². The van der Waals surface area contributed by atoms with Crippen molar-refractivity contribution in [3.63, 3.8) is 0 Å². The van der Waals surface area contributed by atoms with Gasteiger partial charge in [-0.2, -0.15) is 0 Å². The molecule has 0 saturated carbocycles. The van der Waals surface area contributed by atoms with Gasteiger partial charge in [0.25, 0.3) is 0 Å². The average molecular weight is 426 g/mol. The Balaban J connectivity index is 1.64. The maximum atomic E-state index is 6.30. The predicted molar refractivity (Wildman–Crippen MR) is 116 cm³/mol. The van der Waals surface area contributed by atoms with Crippen molar-refractivity contribution in [1.29, 1.82) is 0 Å². The van der Waals surface area contributed by atoms with E-state index in [1.165, 1.54) is 0 Å². The lowest BCUT2D eigenvalue weighted by molar-refractivity contribution is 0.416. The lowest BCUT2D eigenvalue weighted by atomic mass is 10.1. The number of nitrogens with zero attached hydrogens (tertiary/aromatic N) is 3. The molecule has 2 N–H and O–H groups in total. The Morgan fingerprint density at radius 1 is 1.00 bits per heavy atom. The second-order valence-corrected chi connectivity index (χ2v) is 7.19. The van der Waals surface area contributed by atoms with Crippen molar-refractivity contribution < 1.29 is 4.74 Å². The maximum absolute atomic E-state index is 6.30. The number of halogens is 2. The molecule has 0 saturated heterocycles. The van der Waals surface area contributed by atoms with Crippen LogP contribution in [0.15, 0.2) is 54.9 Å². The van der Waals surface area contributed by atoms with Crippen LogP contribution in [0.2, 0.25) is 10.0 Å². The zero-order valence-corrected chi connectivity index (χ0v) is 17.2. The molecule has 2 heterocycles. The van der Waals surface area contributed by atoms with E-state index in [9.17, 15) is 0 Å². The molecule has 4 aromatic rings. The Labute approximate surface area is 177 Å². The molecule has 6 nitrogen and oxygen atoms in total.